The molecule has 0 bridgehead atoms. The highest BCUT2D eigenvalue weighted by Crippen LogP contribution is 2.35. The van der Waals surface area contributed by atoms with Gasteiger partial charge in [-0.15, -0.1) is 0 Å². The van der Waals surface area contributed by atoms with Crippen LogP contribution in [-0.4, -0.2) is 64.7 Å². The number of carbonyl (C=O) groups excluding carboxylic acids is 2. The lowest BCUT2D eigenvalue weighted by Gasteiger charge is -2.20. The summed E-state index contributed by atoms with van der Waals surface area (Å²) in [6.45, 7) is 1.88. The molecule has 0 spiro atoms. The average molecular weight is 349 g/mol. The molecule has 138 valence electrons. The van der Waals surface area contributed by atoms with Crippen LogP contribution < -0.4 is 19.7 Å². The number of rotatable bonds is 8. The molecule has 25 heavy (non-hydrogen) atoms. The second-order valence-corrected chi connectivity index (χ2v) is 6.39. The van der Waals surface area contributed by atoms with Gasteiger partial charge in [0.05, 0.1) is 25.8 Å². The second-order valence-electron chi connectivity index (χ2n) is 6.39. The number of ether oxygens (including phenoxy) is 2. The van der Waals surface area contributed by atoms with Gasteiger partial charge in [-0.05, 0) is 39.2 Å². The first-order valence-electron chi connectivity index (χ1n) is 8.41. The number of amides is 2. The van der Waals surface area contributed by atoms with Crippen molar-refractivity contribution >= 4 is 17.5 Å². The van der Waals surface area contributed by atoms with E-state index in [1.807, 2.05) is 14.1 Å². The van der Waals surface area contributed by atoms with Crippen LogP contribution >= 0.6 is 0 Å². The van der Waals surface area contributed by atoms with E-state index in [4.69, 9.17) is 9.47 Å². The molecule has 0 saturated carbocycles. The molecule has 1 aliphatic rings. The fraction of sp³-hybridized carbons (Fsp3) is 0.556. The molecule has 1 N–H and O–H groups in total. The van der Waals surface area contributed by atoms with Gasteiger partial charge in [-0.3, -0.25) is 9.59 Å². The molecular formula is C18H27N3O4. The summed E-state index contributed by atoms with van der Waals surface area (Å²) in [6.07, 6.45) is 1.09. The summed E-state index contributed by atoms with van der Waals surface area (Å²) in [5.41, 5.74) is 0.634. The van der Waals surface area contributed by atoms with Crippen molar-refractivity contribution in [3.63, 3.8) is 0 Å². The van der Waals surface area contributed by atoms with E-state index in [-0.39, 0.29) is 24.2 Å². The van der Waals surface area contributed by atoms with E-state index < -0.39 is 0 Å². The predicted octanol–water partition coefficient (Wildman–Crippen LogP) is 1.12. The third-order valence-electron chi connectivity index (χ3n) is 4.25. The molecule has 0 aromatic heterocycles. The van der Waals surface area contributed by atoms with Crippen molar-refractivity contribution in [3.8, 4) is 11.5 Å². The standard InChI is InChI=1S/C18H27N3O4/c1-20(2)9-5-8-19-18(23)13-10-17(22)21(12-13)15-11-14(24-3)6-7-16(15)25-4/h6-7,11,13H,5,8-10,12H2,1-4H3,(H,19,23)/t13-/m0/s1. The Bertz CT molecular complexity index is 618. The second kappa shape index (κ2) is 8.71. The van der Waals surface area contributed by atoms with Gasteiger partial charge in [0.15, 0.2) is 0 Å². The molecule has 0 radical (unpaired) electrons. The minimum Gasteiger partial charge on any atom is -0.497 e. The molecule has 1 aromatic carbocycles. The summed E-state index contributed by atoms with van der Waals surface area (Å²) in [5.74, 6) is 0.723. The Morgan fingerprint density at radius 1 is 1.32 bits per heavy atom. The fourth-order valence-electron chi connectivity index (χ4n) is 2.87. The lowest BCUT2D eigenvalue weighted by atomic mass is 10.1. The van der Waals surface area contributed by atoms with Gasteiger partial charge in [0.25, 0.3) is 0 Å². The Hall–Kier alpha value is -2.28. The van der Waals surface area contributed by atoms with Gasteiger partial charge in [0, 0.05) is 25.6 Å². The van der Waals surface area contributed by atoms with Crippen LogP contribution in [0.5, 0.6) is 11.5 Å². The van der Waals surface area contributed by atoms with Crippen molar-refractivity contribution in [2.75, 3.05) is 52.8 Å². The largest absolute Gasteiger partial charge is 0.497 e. The fourth-order valence-corrected chi connectivity index (χ4v) is 2.87. The van der Waals surface area contributed by atoms with E-state index in [0.29, 0.717) is 30.3 Å². The van der Waals surface area contributed by atoms with Crippen molar-refractivity contribution < 1.29 is 19.1 Å². The highest BCUT2D eigenvalue weighted by Gasteiger charge is 2.36. The van der Waals surface area contributed by atoms with Crippen LogP contribution in [0, 0.1) is 5.92 Å². The maximum Gasteiger partial charge on any atom is 0.227 e. The molecule has 7 nitrogen and oxygen atoms in total. The van der Waals surface area contributed by atoms with Gasteiger partial charge in [0.1, 0.15) is 11.5 Å². The van der Waals surface area contributed by atoms with Crippen LogP contribution in [0.1, 0.15) is 12.8 Å². The molecule has 1 aromatic rings. The van der Waals surface area contributed by atoms with E-state index in [9.17, 15) is 9.59 Å². The predicted molar refractivity (Wildman–Crippen MR) is 96.2 cm³/mol. The van der Waals surface area contributed by atoms with E-state index in [0.717, 1.165) is 13.0 Å². The number of nitrogens with one attached hydrogen (secondary N) is 1. The maximum absolute atomic E-state index is 12.4. The molecular weight excluding hydrogens is 322 g/mol. The number of methoxy groups -OCH3 is 2. The topological polar surface area (TPSA) is 71.1 Å². The van der Waals surface area contributed by atoms with E-state index >= 15 is 0 Å². The van der Waals surface area contributed by atoms with Gasteiger partial charge in [-0.25, -0.2) is 0 Å². The number of hydrogen-bond donors (Lipinski definition) is 1. The van der Waals surface area contributed by atoms with Crippen LogP contribution in [0.2, 0.25) is 0 Å². The van der Waals surface area contributed by atoms with E-state index in [1.54, 1.807) is 37.3 Å². The van der Waals surface area contributed by atoms with Crippen molar-refractivity contribution in [2.24, 2.45) is 5.92 Å². The van der Waals surface area contributed by atoms with Crippen molar-refractivity contribution in [3.05, 3.63) is 18.2 Å². The van der Waals surface area contributed by atoms with E-state index in [2.05, 4.69) is 10.2 Å². The number of anilines is 1. The Morgan fingerprint density at radius 3 is 2.72 bits per heavy atom. The number of hydrogen-bond acceptors (Lipinski definition) is 5. The van der Waals surface area contributed by atoms with Gasteiger partial charge in [0.2, 0.25) is 11.8 Å². The lowest BCUT2D eigenvalue weighted by molar-refractivity contribution is -0.126. The minimum absolute atomic E-state index is 0.0727. The first-order valence-corrected chi connectivity index (χ1v) is 8.41. The number of benzene rings is 1. The van der Waals surface area contributed by atoms with Gasteiger partial charge in [-0.1, -0.05) is 0 Å². The Morgan fingerprint density at radius 2 is 2.08 bits per heavy atom. The quantitative estimate of drug-likeness (QED) is 0.712. The summed E-state index contributed by atoms with van der Waals surface area (Å²) in [5, 5.41) is 2.92. The van der Waals surface area contributed by atoms with Gasteiger partial charge < -0.3 is 24.6 Å². The highest BCUT2D eigenvalue weighted by atomic mass is 16.5. The summed E-state index contributed by atoms with van der Waals surface area (Å²) < 4.78 is 10.6. The molecule has 2 amide bonds. The van der Waals surface area contributed by atoms with Crippen molar-refractivity contribution in [2.45, 2.75) is 12.8 Å². The van der Waals surface area contributed by atoms with E-state index in [1.165, 1.54) is 0 Å². The Balaban J connectivity index is 2.01. The normalized spacial score (nSPS) is 17.1. The third-order valence-corrected chi connectivity index (χ3v) is 4.25. The zero-order valence-corrected chi connectivity index (χ0v) is 15.4. The Labute approximate surface area is 148 Å². The molecule has 1 aliphatic heterocycles. The monoisotopic (exact) mass is 349 g/mol. The average Bonchev–Trinajstić information content (AvgIpc) is 2.99. The van der Waals surface area contributed by atoms with Crippen molar-refractivity contribution in [1.29, 1.82) is 0 Å². The molecule has 0 unspecified atom stereocenters. The molecule has 2 rings (SSSR count). The molecule has 1 heterocycles. The van der Waals surface area contributed by atoms with Crippen molar-refractivity contribution in [1.82, 2.24) is 10.2 Å². The molecule has 7 heteroatoms. The minimum atomic E-state index is -0.345. The zero-order chi connectivity index (χ0) is 18.4. The van der Waals surface area contributed by atoms with Gasteiger partial charge in [-0.2, -0.15) is 0 Å². The Kier molecular flexibility index (Phi) is 6.64. The smallest absolute Gasteiger partial charge is 0.227 e. The molecule has 1 atom stereocenters. The number of nitrogens with zero attached hydrogens (tertiary/aromatic N) is 2. The molecule has 0 aliphatic carbocycles. The highest BCUT2D eigenvalue weighted by molar-refractivity contribution is 6.01. The first kappa shape index (κ1) is 19.1. The molecule has 1 saturated heterocycles. The number of carbonyl (C=O) groups is 2. The summed E-state index contributed by atoms with van der Waals surface area (Å²) in [7, 11) is 7.12. The van der Waals surface area contributed by atoms with Crippen LogP contribution in [0.15, 0.2) is 18.2 Å². The summed E-state index contributed by atoms with van der Waals surface area (Å²) in [6, 6.07) is 5.29. The van der Waals surface area contributed by atoms with Gasteiger partial charge >= 0.3 is 0 Å². The third kappa shape index (κ3) is 4.85. The first-order chi connectivity index (χ1) is 12.0. The van der Waals surface area contributed by atoms with Crippen LogP contribution in [0.25, 0.3) is 0 Å². The lowest BCUT2D eigenvalue weighted by Crippen LogP contribution is -2.34. The van der Waals surface area contributed by atoms with Crippen LogP contribution in [0.3, 0.4) is 0 Å². The summed E-state index contributed by atoms with van der Waals surface area (Å²) in [4.78, 5) is 28.4. The SMILES string of the molecule is COc1ccc(OC)c(N2C[C@@H](C(=O)NCCCN(C)C)CC2=O)c1. The maximum atomic E-state index is 12.4. The molecule has 1 fully saturated rings. The zero-order valence-electron chi connectivity index (χ0n) is 15.4. The summed E-state index contributed by atoms with van der Waals surface area (Å²) >= 11 is 0. The van der Waals surface area contributed by atoms with Crippen LogP contribution in [0.4, 0.5) is 5.69 Å². The van der Waals surface area contributed by atoms with Crippen LogP contribution in [-0.2, 0) is 9.59 Å².